The molecule has 2 atom stereocenters. The van der Waals surface area contributed by atoms with Gasteiger partial charge < -0.3 is 5.32 Å². The molecule has 2 aliphatic rings. The summed E-state index contributed by atoms with van der Waals surface area (Å²) >= 11 is 15.5. The number of fused-ring (bicyclic) bond motifs is 3. The summed E-state index contributed by atoms with van der Waals surface area (Å²) in [6.45, 7) is 4.68. The van der Waals surface area contributed by atoms with E-state index in [-0.39, 0.29) is 21.4 Å². The Labute approximate surface area is 189 Å². The summed E-state index contributed by atoms with van der Waals surface area (Å²) in [7, 11) is -3.69. The van der Waals surface area contributed by atoms with Gasteiger partial charge in [0, 0.05) is 28.2 Å². The lowest BCUT2D eigenvalue weighted by Crippen LogP contribution is -2.45. The molecule has 4 rings (SSSR count). The van der Waals surface area contributed by atoms with E-state index in [1.54, 1.807) is 0 Å². The molecule has 0 amide bonds. The summed E-state index contributed by atoms with van der Waals surface area (Å²) < 4.78 is 29.2. The highest BCUT2D eigenvalue weighted by molar-refractivity contribution is 9.10. The van der Waals surface area contributed by atoms with E-state index in [0.29, 0.717) is 18.0 Å². The Hall–Kier alpha value is -1.05. The second-order valence-electron chi connectivity index (χ2n) is 7.58. The lowest BCUT2D eigenvalue weighted by Gasteiger charge is -2.42. The van der Waals surface area contributed by atoms with Crippen molar-refractivity contribution in [1.29, 1.82) is 0 Å². The molecule has 1 fully saturated rings. The highest BCUT2D eigenvalue weighted by atomic mass is 79.9. The summed E-state index contributed by atoms with van der Waals surface area (Å²) in [5, 5.41) is 4.18. The van der Waals surface area contributed by atoms with Gasteiger partial charge in [0.05, 0.1) is 14.9 Å². The van der Waals surface area contributed by atoms with Crippen LogP contribution in [0.3, 0.4) is 0 Å². The fraction of sp³-hybridized carbons (Fsp3) is 0.333. The summed E-state index contributed by atoms with van der Waals surface area (Å²) in [6.07, 6.45) is 3.70. The molecule has 4 nitrogen and oxygen atoms in total. The average molecular weight is 516 g/mol. The number of benzene rings is 2. The molecule has 2 N–H and O–H groups in total. The van der Waals surface area contributed by atoms with Crippen molar-refractivity contribution in [3.05, 3.63) is 68.6 Å². The van der Waals surface area contributed by atoms with Crippen molar-refractivity contribution in [2.24, 2.45) is 0 Å². The molecule has 154 valence electrons. The molecule has 2 aromatic carbocycles. The van der Waals surface area contributed by atoms with Crippen molar-refractivity contribution < 1.29 is 8.42 Å². The van der Waals surface area contributed by atoms with Gasteiger partial charge in [-0.05, 0) is 67.6 Å². The second kappa shape index (κ2) is 7.89. The topological polar surface area (TPSA) is 58.2 Å². The van der Waals surface area contributed by atoms with Gasteiger partial charge in [-0.1, -0.05) is 51.3 Å². The molecule has 0 spiro atoms. The van der Waals surface area contributed by atoms with Crippen LogP contribution in [0.2, 0.25) is 10.0 Å². The fourth-order valence-corrected chi connectivity index (χ4v) is 6.39. The van der Waals surface area contributed by atoms with Gasteiger partial charge in [-0.15, -0.1) is 0 Å². The maximum Gasteiger partial charge on any atom is 0.240 e. The largest absolute Gasteiger partial charge is 0.381 e. The van der Waals surface area contributed by atoms with Gasteiger partial charge in [-0.3, -0.25) is 0 Å². The van der Waals surface area contributed by atoms with Crippen molar-refractivity contribution in [1.82, 2.24) is 4.72 Å². The minimum Gasteiger partial charge on any atom is -0.381 e. The van der Waals surface area contributed by atoms with Crippen LogP contribution in [-0.4, -0.2) is 21.0 Å². The van der Waals surface area contributed by atoms with Crippen LogP contribution in [0.1, 0.15) is 31.2 Å². The van der Waals surface area contributed by atoms with Gasteiger partial charge in [0.15, 0.2) is 0 Å². The van der Waals surface area contributed by atoms with Gasteiger partial charge in [0.2, 0.25) is 10.0 Å². The first kappa shape index (κ1) is 21.2. The van der Waals surface area contributed by atoms with E-state index in [2.05, 4.69) is 44.7 Å². The lowest BCUT2D eigenvalue weighted by atomic mass is 9.63. The molecule has 1 heterocycles. The predicted octanol–water partition coefficient (Wildman–Crippen LogP) is 5.90. The summed E-state index contributed by atoms with van der Waals surface area (Å²) in [6, 6.07) is 10.8. The first-order valence-corrected chi connectivity index (χ1v) is 12.5. The molecule has 1 aliphatic heterocycles. The van der Waals surface area contributed by atoms with Crippen molar-refractivity contribution in [2.75, 3.05) is 11.9 Å². The van der Waals surface area contributed by atoms with Crippen molar-refractivity contribution in [3.63, 3.8) is 0 Å². The Morgan fingerprint density at radius 2 is 2.00 bits per heavy atom. The standard InChI is InChI=1S/C21H21BrCl2N2O2S/c1-13-3-2-4-20-21(13,16-11-14(22)5-8-19(16)26-20)9-10-25-29(27,28)15-6-7-17(23)18(24)12-15/h5-8,11-12,20,25-26H,1-4,9-10H2. The van der Waals surface area contributed by atoms with Crippen molar-refractivity contribution in [2.45, 2.75) is 42.0 Å². The fourth-order valence-electron chi connectivity index (χ4n) is 4.60. The molecular formula is C21H21BrCl2N2O2S. The minimum atomic E-state index is -3.69. The molecule has 1 aliphatic carbocycles. The van der Waals surface area contributed by atoms with Gasteiger partial charge >= 0.3 is 0 Å². The summed E-state index contributed by atoms with van der Waals surface area (Å²) in [5.74, 6) is 0. The Morgan fingerprint density at radius 3 is 2.76 bits per heavy atom. The van der Waals surface area contributed by atoms with E-state index in [1.807, 2.05) is 6.07 Å². The van der Waals surface area contributed by atoms with Crippen molar-refractivity contribution in [3.8, 4) is 0 Å². The van der Waals surface area contributed by atoms with Crippen LogP contribution in [0, 0.1) is 0 Å². The maximum atomic E-state index is 12.8. The molecule has 0 aromatic heterocycles. The molecular weight excluding hydrogens is 495 g/mol. The smallest absolute Gasteiger partial charge is 0.240 e. The molecule has 8 heteroatoms. The highest BCUT2D eigenvalue weighted by Crippen LogP contribution is 2.53. The number of halogens is 3. The number of sulfonamides is 1. The van der Waals surface area contributed by atoms with Crippen LogP contribution >= 0.6 is 39.1 Å². The Morgan fingerprint density at radius 1 is 1.21 bits per heavy atom. The Bertz CT molecular complexity index is 1090. The molecule has 29 heavy (non-hydrogen) atoms. The zero-order valence-electron chi connectivity index (χ0n) is 15.6. The van der Waals surface area contributed by atoms with Crippen LogP contribution in [0.15, 0.2) is 57.9 Å². The molecule has 0 radical (unpaired) electrons. The quantitative estimate of drug-likeness (QED) is 0.487. The van der Waals surface area contributed by atoms with Gasteiger partial charge in [0.1, 0.15) is 0 Å². The first-order chi connectivity index (χ1) is 13.7. The normalized spacial score (nSPS) is 23.4. The Balaban J connectivity index is 1.60. The van der Waals surface area contributed by atoms with Crippen molar-refractivity contribution >= 4 is 54.8 Å². The van der Waals surface area contributed by atoms with E-state index in [0.717, 1.165) is 35.0 Å². The second-order valence-corrected chi connectivity index (χ2v) is 11.1. The zero-order chi connectivity index (χ0) is 20.8. The molecule has 0 saturated heterocycles. The molecule has 1 saturated carbocycles. The summed E-state index contributed by atoms with van der Waals surface area (Å²) in [4.78, 5) is 0.108. The van der Waals surface area contributed by atoms with E-state index in [4.69, 9.17) is 23.2 Å². The molecule has 2 unspecified atom stereocenters. The molecule has 2 aromatic rings. The van der Waals surface area contributed by atoms with Gasteiger partial charge in [0.25, 0.3) is 0 Å². The average Bonchev–Trinajstić information content (AvgIpc) is 2.99. The number of nitrogens with one attached hydrogen (secondary N) is 2. The number of hydrogen-bond donors (Lipinski definition) is 2. The van der Waals surface area contributed by atoms with Crippen LogP contribution in [0.5, 0.6) is 0 Å². The third-order valence-corrected chi connectivity index (χ3v) is 8.69. The molecule has 0 bridgehead atoms. The first-order valence-electron chi connectivity index (χ1n) is 9.43. The van der Waals surface area contributed by atoms with Gasteiger partial charge in [-0.2, -0.15) is 0 Å². The van der Waals surface area contributed by atoms with E-state index in [1.165, 1.54) is 23.8 Å². The Kier molecular flexibility index (Phi) is 5.77. The maximum absolute atomic E-state index is 12.8. The third-order valence-electron chi connectivity index (χ3n) is 6.00. The van der Waals surface area contributed by atoms with E-state index < -0.39 is 10.0 Å². The number of rotatable bonds is 5. The monoisotopic (exact) mass is 514 g/mol. The van der Waals surface area contributed by atoms with Crippen LogP contribution in [0.25, 0.3) is 0 Å². The number of hydrogen-bond acceptors (Lipinski definition) is 3. The third kappa shape index (κ3) is 3.74. The highest BCUT2D eigenvalue weighted by Gasteiger charge is 2.49. The lowest BCUT2D eigenvalue weighted by molar-refractivity contribution is 0.344. The van der Waals surface area contributed by atoms with Crippen LogP contribution in [-0.2, 0) is 15.4 Å². The minimum absolute atomic E-state index is 0.108. The number of anilines is 1. The van der Waals surface area contributed by atoms with E-state index >= 15 is 0 Å². The van der Waals surface area contributed by atoms with Crippen LogP contribution < -0.4 is 10.0 Å². The predicted molar refractivity (Wildman–Crippen MR) is 122 cm³/mol. The van der Waals surface area contributed by atoms with Gasteiger partial charge in [-0.25, -0.2) is 13.1 Å². The summed E-state index contributed by atoms with van der Waals surface area (Å²) in [5.41, 5.74) is 3.17. The van der Waals surface area contributed by atoms with E-state index in [9.17, 15) is 8.42 Å². The SMILES string of the molecule is C=C1CCCC2Nc3ccc(Br)cc3C12CCNS(=O)(=O)c1ccc(Cl)c(Cl)c1. The van der Waals surface area contributed by atoms with Crippen LogP contribution in [0.4, 0.5) is 5.69 Å². The zero-order valence-corrected chi connectivity index (χ0v) is 19.6.